The van der Waals surface area contributed by atoms with Crippen LogP contribution in [0, 0.1) is 12.7 Å². The number of hydrazone groups is 1. The van der Waals surface area contributed by atoms with Crippen LogP contribution in [-0.2, 0) is 4.79 Å². The molecule has 0 fully saturated rings. The number of hydrogen-bond donors (Lipinski definition) is 2. The lowest BCUT2D eigenvalue weighted by molar-refractivity contribution is -0.120. The largest absolute Gasteiger partial charge is 0.423 e. The van der Waals surface area contributed by atoms with Crippen LogP contribution in [-0.4, -0.2) is 30.5 Å². The number of amides is 2. The van der Waals surface area contributed by atoms with E-state index >= 15 is 0 Å². The minimum atomic E-state index is -0.801. The zero-order valence-corrected chi connectivity index (χ0v) is 17.2. The third-order valence-corrected chi connectivity index (χ3v) is 4.31. The lowest BCUT2D eigenvalue weighted by atomic mass is 10.1. The first-order chi connectivity index (χ1) is 15.4. The van der Waals surface area contributed by atoms with Gasteiger partial charge in [-0.3, -0.25) is 9.59 Å². The molecule has 0 atom stereocenters. The van der Waals surface area contributed by atoms with Gasteiger partial charge in [-0.25, -0.2) is 14.6 Å². The van der Waals surface area contributed by atoms with Crippen molar-refractivity contribution in [2.45, 2.75) is 6.92 Å². The molecule has 3 aromatic rings. The fourth-order valence-electron chi connectivity index (χ4n) is 2.60. The monoisotopic (exact) mass is 433 g/mol. The van der Waals surface area contributed by atoms with Gasteiger partial charge in [-0.2, -0.15) is 5.10 Å². The molecule has 0 aliphatic carbocycles. The fraction of sp³-hybridized carbons (Fsp3) is 0.0833. The van der Waals surface area contributed by atoms with Gasteiger partial charge in [-0.05, 0) is 61.0 Å². The number of nitrogens with one attached hydrogen (secondary N) is 2. The summed E-state index contributed by atoms with van der Waals surface area (Å²) in [6, 6.07) is 18.8. The van der Waals surface area contributed by atoms with Crippen LogP contribution in [0.25, 0.3) is 0 Å². The number of benzene rings is 3. The molecule has 0 radical (unpaired) electrons. The van der Waals surface area contributed by atoms with Crippen molar-refractivity contribution in [1.29, 1.82) is 0 Å². The predicted octanol–water partition coefficient (Wildman–Crippen LogP) is 3.23. The zero-order valence-electron chi connectivity index (χ0n) is 17.2. The van der Waals surface area contributed by atoms with Crippen LogP contribution in [0.5, 0.6) is 5.75 Å². The molecule has 0 unspecified atom stereocenters. The Kier molecular flexibility index (Phi) is 7.42. The highest BCUT2D eigenvalue weighted by molar-refractivity contribution is 5.96. The summed E-state index contributed by atoms with van der Waals surface area (Å²) in [6.07, 6.45) is 1.39. The number of ether oxygens (including phenoxy) is 1. The van der Waals surface area contributed by atoms with E-state index in [4.69, 9.17) is 4.74 Å². The van der Waals surface area contributed by atoms with Gasteiger partial charge in [0.1, 0.15) is 11.6 Å². The number of halogens is 1. The Hall–Kier alpha value is -4.33. The van der Waals surface area contributed by atoms with E-state index < -0.39 is 17.7 Å². The first-order valence-corrected chi connectivity index (χ1v) is 9.66. The van der Waals surface area contributed by atoms with Crippen molar-refractivity contribution >= 4 is 24.0 Å². The summed E-state index contributed by atoms with van der Waals surface area (Å²) < 4.78 is 18.8. The highest BCUT2D eigenvalue weighted by atomic mass is 19.1. The van der Waals surface area contributed by atoms with Gasteiger partial charge in [-0.15, -0.1) is 0 Å². The van der Waals surface area contributed by atoms with Crippen molar-refractivity contribution < 1.29 is 23.5 Å². The number of esters is 1. The fourth-order valence-corrected chi connectivity index (χ4v) is 2.60. The molecule has 2 amide bonds. The maximum Gasteiger partial charge on any atom is 0.346 e. The molecule has 0 aromatic heterocycles. The van der Waals surface area contributed by atoms with Crippen molar-refractivity contribution in [2.75, 3.05) is 6.54 Å². The van der Waals surface area contributed by atoms with Gasteiger partial charge in [0, 0.05) is 5.56 Å². The molecule has 0 bridgehead atoms. The Bertz CT molecular complexity index is 1140. The summed E-state index contributed by atoms with van der Waals surface area (Å²) in [7, 11) is 0. The molecule has 0 heterocycles. The summed E-state index contributed by atoms with van der Waals surface area (Å²) in [5.74, 6) is -2.07. The number of rotatable bonds is 7. The average molecular weight is 433 g/mol. The summed E-state index contributed by atoms with van der Waals surface area (Å²) in [6.45, 7) is 1.69. The molecule has 0 saturated heterocycles. The average Bonchev–Trinajstić information content (AvgIpc) is 2.79. The van der Waals surface area contributed by atoms with Gasteiger partial charge in [-0.1, -0.05) is 29.8 Å². The number of carbonyl (C=O) groups excluding carboxylic acids is 3. The number of nitrogens with zero attached hydrogens (tertiary/aromatic N) is 1. The molecule has 2 N–H and O–H groups in total. The summed E-state index contributed by atoms with van der Waals surface area (Å²) in [5, 5.41) is 6.33. The highest BCUT2D eigenvalue weighted by Gasteiger charge is 2.13. The Balaban J connectivity index is 1.45. The first kappa shape index (κ1) is 22.4. The number of carbonyl (C=O) groups is 3. The summed E-state index contributed by atoms with van der Waals surface area (Å²) >= 11 is 0. The second kappa shape index (κ2) is 10.6. The Morgan fingerprint density at radius 1 is 0.969 bits per heavy atom. The third-order valence-electron chi connectivity index (χ3n) is 4.31. The predicted molar refractivity (Wildman–Crippen MR) is 117 cm³/mol. The van der Waals surface area contributed by atoms with Crippen LogP contribution >= 0.6 is 0 Å². The molecule has 3 rings (SSSR count). The second-order valence-corrected chi connectivity index (χ2v) is 6.78. The maximum atomic E-state index is 13.6. The van der Waals surface area contributed by atoms with Crippen molar-refractivity contribution in [3.05, 3.63) is 101 Å². The normalized spacial score (nSPS) is 10.6. The van der Waals surface area contributed by atoms with Gasteiger partial charge >= 0.3 is 5.97 Å². The van der Waals surface area contributed by atoms with Crippen LogP contribution in [0.4, 0.5) is 4.39 Å². The van der Waals surface area contributed by atoms with E-state index in [1.165, 1.54) is 36.5 Å². The van der Waals surface area contributed by atoms with Crippen LogP contribution in [0.3, 0.4) is 0 Å². The highest BCUT2D eigenvalue weighted by Crippen LogP contribution is 2.15. The molecule has 162 valence electrons. The smallest absolute Gasteiger partial charge is 0.346 e. The van der Waals surface area contributed by atoms with E-state index in [0.717, 1.165) is 5.56 Å². The van der Waals surface area contributed by atoms with E-state index in [1.54, 1.807) is 30.3 Å². The van der Waals surface area contributed by atoms with E-state index in [-0.39, 0.29) is 23.8 Å². The lowest BCUT2D eigenvalue weighted by Crippen LogP contribution is -2.34. The Labute approximate surface area is 183 Å². The van der Waals surface area contributed by atoms with Crippen LogP contribution in [0.15, 0.2) is 77.9 Å². The maximum absolute atomic E-state index is 13.6. The van der Waals surface area contributed by atoms with Gasteiger partial charge in [0.15, 0.2) is 0 Å². The molecule has 7 nitrogen and oxygen atoms in total. The van der Waals surface area contributed by atoms with Gasteiger partial charge in [0.2, 0.25) is 0 Å². The molecule has 0 saturated carbocycles. The van der Waals surface area contributed by atoms with E-state index in [1.807, 2.05) is 19.1 Å². The van der Waals surface area contributed by atoms with Crippen LogP contribution < -0.4 is 15.5 Å². The topological polar surface area (TPSA) is 96.9 Å². The Morgan fingerprint density at radius 3 is 2.34 bits per heavy atom. The molecule has 0 aliphatic rings. The van der Waals surface area contributed by atoms with Crippen molar-refractivity contribution in [1.82, 2.24) is 10.7 Å². The van der Waals surface area contributed by atoms with E-state index in [2.05, 4.69) is 15.8 Å². The van der Waals surface area contributed by atoms with Crippen LogP contribution in [0.2, 0.25) is 0 Å². The minimum Gasteiger partial charge on any atom is -0.423 e. The summed E-state index contributed by atoms with van der Waals surface area (Å²) in [4.78, 5) is 35.8. The Morgan fingerprint density at radius 2 is 1.66 bits per heavy atom. The molecule has 8 heteroatoms. The second-order valence-electron chi connectivity index (χ2n) is 6.78. The van der Waals surface area contributed by atoms with Crippen molar-refractivity contribution in [3.63, 3.8) is 0 Å². The van der Waals surface area contributed by atoms with E-state index in [9.17, 15) is 18.8 Å². The standard InChI is InChI=1S/C24H20FN3O4/c1-16-6-10-18(11-7-16)23(30)26-15-22(29)28-27-14-17-8-12-19(13-9-17)32-24(31)20-4-2-3-5-21(20)25/h2-14H,15H2,1H3,(H,26,30)(H,28,29). The summed E-state index contributed by atoms with van der Waals surface area (Å²) in [5.41, 5.74) is 4.27. The molecule has 0 aliphatic heterocycles. The van der Waals surface area contributed by atoms with Crippen molar-refractivity contribution in [3.8, 4) is 5.75 Å². The number of hydrogen-bond acceptors (Lipinski definition) is 5. The third kappa shape index (κ3) is 6.33. The zero-order chi connectivity index (χ0) is 22.9. The van der Waals surface area contributed by atoms with Gasteiger partial charge < -0.3 is 10.1 Å². The van der Waals surface area contributed by atoms with E-state index in [0.29, 0.717) is 11.1 Å². The lowest BCUT2D eigenvalue weighted by Gasteiger charge is -2.05. The van der Waals surface area contributed by atoms with Crippen LogP contribution in [0.1, 0.15) is 31.8 Å². The minimum absolute atomic E-state index is 0.157. The van der Waals surface area contributed by atoms with Crippen molar-refractivity contribution in [2.24, 2.45) is 5.10 Å². The molecular formula is C24H20FN3O4. The van der Waals surface area contributed by atoms with Gasteiger partial charge in [0.05, 0.1) is 18.3 Å². The molecule has 0 spiro atoms. The first-order valence-electron chi connectivity index (χ1n) is 9.66. The van der Waals surface area contributed by atoms with Gasteiger partial charge in [0.25, 0.3) is 11.8 Å². The number of aryl methyl sites for hydroxylation is 1. The molecule has 3 aromatic carbocycles. The quantitative estimate of drug-likeness (QED) is 0.259. The molecular weight excluding hydrogens is 413 g/mol. The SMILES string of the molecule is Cc1ccc(C(=O)NCC(=O)NN=Cc2ccc(OC(=O)c3ccccc3F)cc2)cc1. The molecule has 32 heavy (non-hydrogen) atoms.